The zero-order valence-electron chi connectivity index (χ0n) is 9.32. The van der Waals surface area contributed by atoms with E-state index in [1.54, 1.807) is 6.07 Å². The minimum atomic E-state index is -2.82. The van der Waals surface area contributed by atoms with Crippen LogP contribution in [0.5, 0.6) is 0 Å². The van der Waals surface area contributed by atoms with E-state index in [1.165, 1.54) is 0 Å². The van der Waals surface area contributed by atoms with Crippen LogP contribution in [0.4, 0.5) is 11.4 Å². The quantitative estimate of drug-likeness (QED) is 0.808. The summed E-state index contributed by atoms with van der Waals surface area (Å²) in [7, 11) is -2.82. The summed E-state index contributed by atoms with van der Waals surface area (Å²) in [5.41, 5.74) is 7.14. The molecule has 0 aromatic heterocycles. The molecule has 0 unspecified atom stereocenters. The van der Waals surface area contributed by atoms with Crippen LogP contribution in [0.1, 0.15) is 12.8 Å². The molecule has 1 saturated heterocycles. The average molecular weight is 275 g/mol. The molecule has 1 aromatic carbocycles. The van der Waals surface area contributed by atoms with Gasteiger partial charge in [0.1, 0.15) is 9.84 Å². The fourth-order valence-electron chi connectivity index (χ4n) is 1.92. The van der Waals surface area contributed by atoms with E-state index in [-0.39, 0.29) is 17.5 Å². The molecule has 3 N–H and O–H groups in total. The van der Waals surface area contributed by atoms with Gasteiger partial charge in [-0.3, -0.25) is 0 Å². The van der Waals surface area contributed by atoms with E-state index in [2.05, 4.69) is 5.32 Å². The molecule has 1 aliphatic rings. The van der Waals surface area contributed by atoms with Crippen molar-refractivity contribution < 1.29 is 8.42 Å². The second-order valence-electron chi connectivity index (χ2n) is 4.27. The van der Waals surface area contributed by atoms with Crippen LogP contribution in [0.25, 0.3) is 0 Å². The molecule has 1 heterocycles. The Morgan fingerprint density at radius 2 is 1.94 bits per heavy atom. The molecule has 1 aromatic rings. The number of benzene rings is 1. The van der Waals surface area contributed by atoms with Crippen LogP contribution in [0.15, 0.2) is 18.2 Å². The molecule has 2 rings (SSSR count). The Morgan fingerprint density at radius 3 is 2.59 bits per heavy atom. The summed E-state index contributed by atoms with van der Waals surface area (Å²) in [4.78, 5) is 0. The maximum Gasteiger partial charge on any atom is 0.150 e. The fraction of sp³-hybridized carbons (Fsp3) is 0.455. The molecule has 0 bridgehead atoms. The van der Waals surface area contributed by atoms with Crippen molar-refractivity contribution in [1.82, 2.24) is 0 Å². The molecule has 0 amide bonds. The molecule has 0 radical (unpaired) electrons. The third-order valence-corrected chi connectivity index (χ3v) is 5.01. The van der Waals surface area contributed by atoms with Gasteiger partial charge in [0.2, 0.25) is 0 Å². The molecule has 17 heavy (non-hydrogen) atoms. The van der Waals surface area contributed by atoms with Gasteiger partial charge in [-0.25, -0.2) is 8.42 Å². The molecular formula is C11H15ClN2O2S. The van der Waals surface area contributed by atoms with Crippen molar-refractivity contribution in [3.63, 3.8) is 0 Å². The zero-order chi connectivity index (χ0) is 12.5. The Morgan fingerprint density at radius 1 is 1.29 bits per heavy atom. The number of nitrogens with two attached hydrogens (primary N) is 1. The molecule has 1 aliphatic heterocycles. The van der Waals surface area contributed by atoms with Crippen LogP contribution in [0.3, 0.4) is 0 Å². The van der Waals surface area contributed by atoms with E-state index in [9.17, 15) is 8.42 Å². The average Bonchev–Trinajstić information content (AvgIpc) is 2.27. The van der Waals surface area contributed by atoms with Crippen molar-refractivity contribution in [2.75, 3.05) is 22.6 Å². The predicted octanol–water partition coefficient (Wildman–Crippen LogP) is 1.91. The SMILES string of the molecule is Nc1c(Cl)cccc1NC1CCS(=O)(=O)CC1. The number of rotatable bonds is 2. The number of hydrogen-bond acceptors (Lipinski definition) is 4. The fourth-order valence-corrected chi connectivity index (χ4v) is 3.58. The molecular weight excluding hydrogens is 260 g/mol. The van der Waals surface area contributed by atoms with Gasteiger partial charge in [0.15, 0.2) is 0 Å². The molecule has 94 valence electrons. The monoisotopic (exact) mass is 274 g/mol. The van der Waals surface area contributed by atoms with Crippen molar-refractivity contribution in [2.45, 2.75) is 18.9 Å². The summed E-state index contributed by atoms with van der Waals surface area (Å²) >= 11 is 5.92. The minimum absolute atomic E-state index is 0.152. The molecule has 0 spiro atoms. The highest BCUT2D eigenvalue weighted by Gasteiger charge is 2.23. The standard InChI is InChI=1S/C11H15ClN2O2S/c12-9-2-1-3-10(11(9)13)14-8-4-6-17(15,16)7-5-8/h1-3,8,14H,4-7,13H2. The van der Waals surface area contributed by atoms with Gasteiger partial charge < -0.3 is 11.1 Å². The highest BCUT2D eigenvalue weighted by atomic mass is 35.5. The summed E-state index contributed by atoms with van der Waals surface area (Å²) in [6.07, 6.45) is 1.24. The zero-order valence-corrected chi connectivity index (χ0v) is 10.9. The molecule has 6 heteroatoms. The van der Waals surface area contributed by atoms with Gasteiger partial charge >= 0.3 is 0 Å². The van der Waals surface area contributed by atoms with Gasteiger partial charge in [0, 0.05) is 6.04 Å². The second kappa shape index (κ2) is 4.74. The minimum Gasteiger partial charge on any atom is -0.396 e. The molecule has 0 saturated carbocycles. The summed E-state index contributed by atoms with van der Waals surface area (Å²) in [5.74, 6) is 0.482. The van der Waals surface area contributed by atoms with Gasteiger partial charge in [0.05, 0.1) is 27.9 Å². The summed E-state index contributed by atoms with van der Waals surface area (Å²) in [5, 5.41) is 3.77. The largest absolute Gasteiger partial charge is 0.396 e. The lowest BCUT2D eigenvalue weighted by molar-refractivity contribution is 0.559. The Hall–Kier alpha value is -0.940. The Kier molecular flexibility index (Phi) is 3.49. The van der Waals surface area contributed by atoms with Crippen LogP contribution in [-0.2, 0) is 9.84 Å². The van der Waals surface area contributed by atoms with Gasteiger partial charge in [-0.05, 0) is 25.0 Å². The number of anilines is 2. The third-order valence-electron chi connectivity index (χ3n) is 2.97. The van der Waals surface area contributed by atoms with Crippen molar-refractivity contribution in [1.29, 1.82) is 0 Å². The Bertz CT molecular complexity index is 502. The van der Waals surface area contributed by atoms with Gasteiger partial charge in [-0.1, -0.05) is 17.7 Å². The van der Waals surface area contributed by atoms with Crippen molar-refractivity contribution >= 4 is 32.8 Å². The Balaban J connectivity index is 2.05. The van der Waals surface area contributed by atoms with Crippen molar-refractivity contribution in [3.05, 3.63) is 23.2 Å². The maximum absolute atomic E-state index is 11.3. The third kappa shape index (κ3) is 3.04. The second-order valence-corrected chi connectivity index (χ2v) is 6.98. The van der Waals surface area contributed by atoms with Crippen LogP contribution in [-0.4, -0.2) is 26.0 Å². The summed E-state index contributed by atoms with van der Waals surface area (Å²) in [6.45, 7) is 0. The van der Waals surface area contributed by atoms with E-state index in [0.29, 0.717) is 23.6 Å². The molecule has 1 fully saturated rings. The van der Waals surface area contributed by atoms with Gasteiger partial charge in [0.25, 0.3) is 0 Å². The van der Waals surface area contributed by atoms with Crippen molar-refractivity contribution in [2.24, 2.45) is 0 Å². The highest BCUT2D eigenvalue weighted by molar-refractivity contribution is 7.91. The van der Waals surface area contributed by atoms with Crippen LogP contribution in [0, 0.1) is 0 Å². The smallest absolute Gasteiger partial charge is 0.150 e. The lowest BCUT2D eigenvalue weighted by Gasteiger charge is -2.24. The number of nitrogens with one attached hydrogen (secondary N) is 1. The first-order valence-electron chi connectivity index (χ1n) is 5.49. The first-order valence-corrected chi connectivity index (χ1v) is 7.69. The highest BCUT2D eigenvalue weighted by Crippen LogP contribution is 2.28. The maximum atomic E-state index is 11.3. The summed E-state index contributed by atoms with van der Waals surface area (Å²) in [6, 6.07) is 5.55. The lowest BCUT2D eigenvalue weighted by Crippen LogP contribution is -2.32. The topological polar surface area (TPSA) is 72.2 Å². The van der Waals surface area contributed by atoms with Crippen LogP contribution in [0.2, 0.25) is 5.02 Å². The normalized spacial score (nSPS) is 20.1. The number of para-hydroxylation sites is 1. The number of sulfone groups is 1. The van der Waals surface area contributed by atoms with E-state index in [0.717, 1.165) is 5.69 Å². The van der Waals surface area contributed by atoms with E-state index < -0.39 is 9.84 Å². The first-order chi connectivity index (χ1) is 7.98. The number of hydrogen-bond donors (Lipinski definition) is 2. The summed E-state index contributed by atoms with van der Waals surface area (Å²) < 4.78 is 22.6. The molecule has 4 nitrogen and oxygen atoms in total. The van der Waals surface area contributed by atoms with E-state index >= 15 is 0 Å². The molecule has 0 aliphatic carbocycles. The van der Waals surface area contributed by atoms with Gasteiger partial charge in [-0.15, -0.1) is 0 Å². The number of nitrogen functional groups attached to an aromatic ring is 1. The molecule has 0 atom stereocenters. The van der Waals surface area contributed by atoms with Gasteiger partial charge in [-0.2, -0.15) is 0 Å². The first kappa shape index (κ1) is 12.5. The van der Waals surface area contributed by atoms with E-state index in [1.807, 2.05) is 12.1 Å². The Labute approximate surface area is 106 Å². The lowest BCUT2D eigenvalue weighted by atomic mass is 10.1. The van der Waals surface area contributed by atoms with Crippen LogP contribution >= 0.6 is 11.6 Å². The van der Waals surface area contributed by atoms with Crippen LogP contribution < -0.4 is 11.1 Å². The predicted molar refractivity (Wildman–Crippen MR) is 71.2 cm³/mol. The van der Waals surface area contributed by atoms with Crippen molar-refractivity contribution in [3.8, 4) is 0 Å². The number of halogens is 1. The van der Waals surface area contributed by atoms with E-state index in [4.69, 9.17) is 17.3 Å².